The van der Waals surface area contributed by atoms with E-state index in [0.717, 1.165) is 0 Å². The average Bonchev–Trinajstić information content (AvgIpc) is 1.95. The predicted molar refractivity (Wildman–Crippen MR) is 45.2 cm³/mol. The molecule has 0 heterocycles. The van der Waals surface area contributed by atoms with Crippen molar-refractivity contribution >= 4 is 42.6 Å². The Labute approximate surface area is 78.1 Å². The zero-order chi connectivity index (χ0) is 7.56. The van der Waals surface area contributed by atoms with E-state index < -0.39 is 15.7 Å². The first-order valence-corrected chi connectivity index (χ1v) is 5.31. The van der Waals surface area contributed by atoms with Gasteiger partial charge >= 0.3 is 78.3 Å². The van der Waals surface area contributed by atoms with Crippen LogP contribution in [-0.4, -0.2) is 15.7 Å². The summed E-state index contributed by atoms with van der Waals surface area (Å²) in [5, 5.41) is 0. The third-order valence-corrected chi connectivity index (χ3v) is 2.91. The summed E-state index contributed by atoms with van der Waals surface area (Å²) in [6, 6.07) is 4.62. The fourth-order valence-corrected chi connectivity index (χ4v) is 1.51. The molecule has 0 bridgehead atoms. The Morgan fingerprint density at radius 2 is 2.20 bits per heavy atom. The van der Waals surface area contributed by atoms with E-state index in [2.05, 4.69) is 0 Å². The third kappa shape index (κ3) is 1.86. The van der Waals surface area contributed by atoms with Gasteiger partial charge < -0.3 is 0 Å². The molecule has 1 rings (SSSR count). The molecule has 0 unspecified atom stereocenters. The van der Waals surface area contributed by atoms with Crippen LogP contribution in [0.3, 0.4) is 0 Å². The van der Waals surface area contributed by atoms with Crippen LogP contribution >= 0.6 is 22.6 Å². The van der Waals surface area contributed by atoms with Crippen LogP contribution in [0.5, 0.6) is 0 Å². The molecule has 0 amide bonds. The summed E-state index contributed by atoms with van der Waals surface area (Å²) < 4.78 is 24.1. The van der Waals surface area contributed by atoms with Gasteiger partial charge in [-0.25, -0.2) is 0 Å². The third-order valence-electron chi connectivity index (χ3n) is 1.01. The average molecular weight is 312 g/mol. The van der Waals surface area contributed by atoms with Crippen molar-refractivity contribution in [3.8, 4) is 0 Å². The van der Waals surface area contributed by atoms with Gasteiger partial charge in [-0.15, -0.1) is 0 Å². The Kier molecular flexibility index (Phi) is 2.98. The van der Waals surface area contributed by atoms with Crippen LogP contribution in [0, 0.1) is 9.39 Å². The molecular weight excluding hydrogens is 309 g/mol. The van der Waals surface area contributed by atoms with Gasteiger partial charge in [0, 0.05) is 0 Å². The SMILES string of the molecule is O=[As]c1ccc(I)c(F)c1. The first-order chi connectivity index (χ1) is 4.74. The summed E-state index contributed by atoms with van der Waals surface area (Å²) in [7, 11) is 0. The van der Waals surface area contributed by atoms with Crippen LogP contribution in [0.2, 0.25) is 0 Å². The van der Waals surface area contributed by atoms with E-state index in [1.807, 2.05) is 22.6 Å². The summed E-state index contributed by atoms with van der Waals surface area (Å²) >= 11 is 0.804. The summed E-state index contributed by atoms with van der Waals surface area (Å²) in [6.45, 7) is 0. The quantitative estimate of drug-likeness (QED) is 0.561. The maximum absolute atomic E-state index is 12.6. The molecule has 0 aliphatic carbocycles. The van der Waals surface area contributed by atoms with Crippen molar-refractivity contribution in [3.05, 3.63) is 27.6 Å². The van der Waals surface area contributed by atoms with Crippen molar-refractivity contribution in [2.24, 2.45) is 0 Å². The van der Waals surface area contributed by atoms with Crippen molar-refractivity contribution < 1.29 is 8.13 Å². The van der Waals surface area contributed by atoms with E-state index in [1.165, 1.54) is 6.07 Å². The van der Waals surface area contributed by atoms with Crippen LogP contribution in [0.4, 0.5) is 4.39 Å². The number of halogens is 2. The predicted octanol–water partition coefficient (Wildman–Crippen LogP) is 1.11. The van der Waals surface area contributed by atoms with Gasteiger partial charge in [0.05, 0.1) is 0 Å². The summed E-state index contributed by atoms with van der Waals surface area (Å²) in [5.41, 5.74) is 0. The minimum absolute atomic E-state index is 0.288. The molecule has 0 spiro atoms. The number of hydrogen-bond donors (Lipinski definition) is 0. The van der Waals surface area contributed by atoms with E-state index in [0.29, 0.717) is 7.92 Å². The molecule has 52 valence electrons. The summed E-state index contributed by atoms with van der Waals surface area (Å²) in [5.74, 6) is -0.288. The van der Waals surface area contributed by atoms with Gasteiger partial charge in [-0.2, -0.15) is 0 Å². The second kappa shape index (κ2) is 3.58. The van der Waals surface area contributed by atoms with Crippen molar-refractivity contribution in [2.75, 3.05) is 0 Å². The zero-order valence-corrected chi connectivity index (χ0v) is 8.88. The molecule has 0 N–H and O–H groups in total. The molecular formula is C6H3AsFIO. The summed E-state index contributed by atoms with van der Waals surface area (Å²) in [4.78, 5) is 0. The van der Waals surface area contributed by atoms with Gasteiger partial charge in [-0.3, -0.25) is 0 Å². The van der Waals surface area contributed by atoms with Crippen LogP contribution in [-0.2, 0) is 3.74 Å². The molecule has 4 heteroatoms. The molecule has 0 aromatic heterocycles. The normalized spacial score (nSPS) is 10.2. The van der Waals surface area contributed by atoms with Crippen molar-refractivity contribution in [3.63, 3.8) is 0 Å². The zero-order valence-electron chi connectivity index (χ0n) is 4.84. The van der Waals surface area contributed by atoms with E-state index in [-0.39, 0.29) is 5.82 Å². The van der Waals surface area contributed by atoms with Gasteiger partial charge in [0.25, 0.3) is 0 Å². The molecule has 0 radical (unpaired) electrons. The number of benzene rings is 1. The molecule has 0 saturated carbocycles. The first-order valence-electron chi connectivity index (χ1n) is 2.52. The molecule has 0 aliphatic rings. The Bertz CT molecular complexity index is 264. The topological polar surface area (TPSA) is 17.1 Å². The van der Waals surface area contributed by atoms with Crippen molar-refractivity contribution in [2.45, 2.75) is 0 Å². The van der Waals surface area contributed by atoms with Gasteiger partial charge in [0.2, 0.25) is 0 Å². The van der Waals surface area contributed by atoms with Gasteiger partial charge in [0.15, 0.2) is 0 Å². The fraction of sp³-hybridized carbons (Fsp3) is 0. The first kappa shape index (κ1) is 8.34. The van der Waals surface area contributed by atoms with Crippen LogP contribution in [0.1, 0.15) is 0 Å². The van der Waals surface area contributed by atoms with Gasteiger partial charge in [-0.1, -0.05) is 0 Å². The van der Waals surface area contributed by atoms with E-state index in [9.17, 15) is 8.13 Å². The summed E-state index contributed by atoms with van der Waals surface area (Å²) in [6.07, 6.45) is 0. The Morgan fingerprint density at radius 3 is 2.70 bits per heavy atom. The monoisotopic (exact) mass is 312 g/mol. The number of hydrogen-bond acceptors (Lipinski definition) is 1. The minimum atomic E-state index is -1.09. The second-order valence-corrected chi connectivity index (χ2v) is 4.32. The Hall–Kier alpha value is 0.238. The molecule has 1 nitrogen and oxygen atoms in total. The molecule has 0 fully saturated rings. The van der Waals surface area contributed by atoms with Crippen LogP contribution < -0.4 is 4.35 Å². The molecule has 10 heavy (non-hydrogen) atoms. The molecule has 0 aliphatic heterocycles. The molecule has 1 aromatic rings. The van der Waals surface area contributed by atoms with Crippen LogP contribution in [0.15, 0.2) is 18.2 Å². The molecule has 0 saturated heterocycles. The van der Waals surface area contributed by atoms with E-state index >= 15 is 0 Å². The van der Waals surface area contributed by atoms with E-state index in [4.69, 9.17) is 0 Å². The van der Waals surface area contributed by atoms with Crippen molar-refractivity contribution in [1.29, 1.82) is 0 Å². The van der Waals surface area contributed by atoms with Crippen LogP contribution in [0.25, 0.3) is 0 Å². The van der Waals surface area contributed by atoms with E-state index in [1.54, 1.807) is 12.1 Å². The number of rotatable bonds is 1. The van der Waals surface area contributed by atoms with Gasteiger partial charge in [-0.05, 0) is 0 Å². The maximum atomic E-state index is 12.6. The molecule has 1 aromatic carbocycles. The second-order valence-electron chi connectivity index (χ2n) is 1.69. The fourth-order valence-electron chi connectivity index (χ4n) is 0.542. The Morgan fingerprint density at radius 1 is 1.50 bits per heavy atom. The van der Waals surface area contributed by atoms with Gasteiger partial charge in [0.1, 0.15) is 0 Å². The van der Waals surface area contributed by atoms with Crippen molar-refractivity contribution in [1.82, 2.24) is 0 Å². The Balaban J connectivity index is 3.16. The molecule has 0 atom stereocenters. The standard InChI is InChI=1S/C6H3AsFIO/c8-5-3-4(7-10)1-2-6(5)9/h1-3H.